The molecule has 4 heteroatoms. The van der Waals surface area contributed by atoms with Gasteiger partial charge in [0.1, 0.15) is 0 Å². The van der Waals surface area contributed by atoms with Crippen LogP contribution in [0, 0.1) is 13.8 Å². The van der Waals surface area contributed by atoms with Crippen molar-refractivity contribution in [2.75, 3.05) is 0 Å². The summed E-state index contributed by atoms with van der Waals surface area (Å²) >= 11 is -0.826. The third kappa shape index (κ3) is 9.39. The Bertz CT molecular complexity index is 708. The van der Waals surface area contributed by atoms with Crippen LogP contribution in [0.25, 0.3) is 12.2 Å². The average molecular weight is 535 g/mol. The normalized spacial score (nSPS) is 16.6. The van der Waals surface area contributed by atoms with Crippen molar-refractivity contribution in [3.63, 3.8) is 0 Å². The fourth-order valence-corrected chi connectivity index (χ4v) is 3.59. The van der Waals surface area contributed by atoms with E-state index in [2.05, 4.69) is 99.8 Å². The van der Waals surface area contributed by atoms with E-state index in [0.29, 0.717) is 11.8 Å². The second-order valence-corrected chi connectivity index (χ2v) is 11.8. The molecule has 2 unspecified atom stereocenters. The zero-order chi connectivity index (χ0) is 22.2. The van der Waals surface area contributed by atoms with Gasteiger partial charge < -0.3 is 13.8 Å². The van der Waals surface area contributed by atoms with Crippen molar-refractivity contribution < 1.29 is 20.8 Å². The number of allylic oxidation sites excluding steroid dienone is 2. The molecule has 0 spiro atoms. The summed E-state index contributed by atoms with van der Waals surface area (Å²) in [6, 6.07) is 17.2. The van der Waals surface area contributed by atoms with Gasteiger partial charge in [0, 0.05) is 21.4 Å². The Kier molecular flexibility index (Phi) is 15.8. The van der Waals surface area contributed by atoms with E-state index in [1.165, 1.54) is 35.1 Å². The molecule has 0 heterocycles. The van der Waals surface area contributed by atoms with Gasteiger partial charge in [-0.25, -0.2) is 0 Å². The van der Waals surface area contributed by atoms with Gasteiger partial charge in [-0.1, -0.05) is 98.8 Å². The van der Waals surface area contributed by atoms with Gasteiger partial charge in [-0.15, -0.1) is 0 Å². The van der Waals surface area contributed by atoms with E-state index >= 15 is 0 Å². The van der Waals surface area contributed by atoms with Crippen LogP contribution in [0.15, 0.2) is 60.7 Å². The maximum absolute atomic E-state index is 4.93. The second-order valence-electron chi connectivity index (χ2n) is 7.04. The molecule has 0 aromatic heterocycles. The van der Waals surface area contributed by atoms with Crippen molar-refractivity contribution in [1.29, 1.82) is 0 Å². The summed E-state index contributed by atoms with van der Waals surface area (Å²) in [6.45, 7) is 12.1. The van der Waals surface area contributed by atoms with Gasteiger partial charge in [-0.3, -0.25) is 0 Å². The van der Waals surface area contributed by atoms with Crippen LogP contribution in [0.4, 0.5) is 0 Å². The zero-order valence-corrected chi connectivity index (χ0v) is 23.1. The van der Waals surface area contributed by atoms with Crippen molar-refractivity contribution in [3.05, 3.63) is 96.8 Å². The molecule has 0 saturated carbocycles. The first-order valence-electron chi connectivity index (χ1n) is 10.3. The third-order valence-electron chi connectivity index (χ3n) is 4.84. The molecule has 0 aliphatic heterocycles. The molecular weight excluding hydrogens is 503 g/mol. The van der Waals surface area contributed by atoms with E-state index in [9.17, 15) is 0 Å². The first-order valence-corrected chi connectivity index (χ1v) is 18.7. The van der Waals surface area contributed by atoms with Gasteiger partial charge in [-0.2, -0.15) is 12.8 Å². The van der Waals surface area contributed by atoms with E-state index in [0.717, 1.165) is 22.4 Å². The third-order valence-corrected chi connectivity index (χ3v) is 4.84. The molecule has 0 fully saturated rings. The molecule has 0 amide bonds. The number of rotatable bonds is 4. The number of benzene rings is 2. The SMILES string of the molecule is C[Si]C.[CH2-]CCC1C=Cc2ccccc21.[CH2-]CCC1C=Cc2ccccc21.[Cl][Zr+2][Cl]. The fourth-order valence-electron chi connectivity index (χ4n) is 3.59. The molecule has 0 nitrogen and oxygen atoms in total. The van der Waals surface area contributed by atoms with E-state index in [-0.39, 0.29) is 0 Å². The number of hydrogen-bond donors (Lipinski definition) is 0. The average Bonchev–Trinajstić information content (AvgIpc) is 3.35. The van der Waals surface area contributed by atoms with Gasteiger partial charge in [-0.05, 0) is 22.3 Å². The molecular formula is C26H32Cl2SiZr. The van der Waals surface area contributed by atoms with Crippen LogP contribution in [-0.2, 0) is 20.8 Å². The minimum atomic E-state index is -0.826. The number of hydrogen-bond acceptors (Lipinski definition) is 0. The summed E-state index contributed by atoms with van der Waals surface area (Å²) < 4.78 is 0. The van der Waals surface area contributed by atoms with Crippen LogP contribution >= 0.6 is 17.0 Å². The Labute approximate surface area is 205 Å². The summed E-state index contributed by atoms with van der Waals surface area (Å²) in [6.07, 6.45) is 13.4. The topological polar surface area (TPSA) is 0 Å². The first-order chi connectivity index (χ1) is 14.7. The van der Waals surface area contributed by atoms with Crippen LogP contribution in [0.3, 0.4) is 0 Å². The fraction of sp³-hybridized carbons (Fsp3) is 0.308. The molecule has 4 rings (SSSR count). The number of fused-ring (bicyclic) bond motifs is 2. The molecule has 158 valence electrons. The molecule has 0 N–H and O–H groups in total. The van der Waals surface area contributed by atoms with Crippen molar-refractivity contribution in [2.24, 2.45) is 0 Å². The van der Waals surface area contributed by atoms with Gasteiger partial charge in [0.05, 0.1) is 0 Å². The molecule has 2 aliphatic rings. The summed E-state index contributed by atoms with van der Waals surface area (Å²) in [5, 5.41) is 0. The summed E-state index contributed by atoms with van der Waals surface area (Å²) in [5.74, 6) is 1.25. The van der Waals surface area contributed by atoms with E-state index < -0.39 is 20.8 Å². The zero-order valence-electron chi connectivity index (χ0n) is 18.1. The van der Waals surface area contributed by atoms with Crippen molar-refractivity contribution in [1.82, 2.24) is 0 Å². The van der Waals surface area contributed by atoms with Crippen LogP contribution in [-0.4, -0.2) is 9.52 Å². The quantitative estimate of drug-likeness (QED) is 0.271. The van der Waals surface area contributed by atoms with Crippen LogP contribution in [0.2, 0.25) is 13.1 Å². The maximum atomic E-state index is 4.93. The van der Waals surface area contributed by atoms with Crippen LogP contribution in [0.5, 0.6) is 0 Å². The van der Waals surface area contributed by atoms with Crippen LogP contribution in [0.1, 0.15) is 59.8 Å². The van der Waals surface area contributed by atoms with Gasteiger partial charge in [0.2, 0.25) is 0 Å². The van der Waals surface area contributed by atoms with Crippen molar-refractivity contribution in [3.8, 4) is 0 Å². The molecule has 2 aromatic carbocycles. The summed E-state index contributed by atoms with van der Waals surface area (Å²) in [7, 11) is 11.0. The van der Waals surface area contributed by atoms with Crippen LogP contribution < -0.4 is 0 Å². The van der Waals surface area contributed by atoms with E-state index in [4.69, 9.17) is 17.0 Å². The molecule has 2 aliphatic carbocycles. The molecule has 2 atom stereocenters. The minimum absolute atomic E-state index is 0.624. The standard InChI is InChI=1S/2C12H13.C2H6Si.2ClH.Zr/c2*1-2-5-10-8-9-11-6-3-4-7-12(10)11;1-3-2;;;/h2*3-4,6-10H,1-2,5H2;1-2H3;2*1H;/q2*-1;;;;+4/p-2. The van der Waals surface area contributed by atoms with Gasteiger partial charge in [0.15, 0.2) is 0 Å². The monoisotopic (exact) mass is 532 g/mol. The predicted octanol–water partition coefficient (Wildman–Crippen LogP) is 8.99. The Morgan fingerprint density at radius 1 is 0.767 bits per heavy atom. The molecule has 0 bridgehead atoms. The Morgan fingerprint density at radius 3 is 1.43 bits per heavy atom. The van der Waals surface area contributed by atoms with Crippen molar-refractivity contribution >= 4 is 38.7 Å². The Morgan fingerprint density at radius 2 is 1.10 bits per heavy atom. The Hall–Kier alpha value is -0.400. The second kappa shape index (κ2) is 17.2. The first kappa shape index (κ1) is 27.6. The predicted molar refractivity (Wildman–Crippen MR) is 135 cm³/mol. The summed E-state index contributed by atoms with van der Waals surface area (Å²) in [4.78, 5) is 0. The molecule has 30 heavy (non-hydrogen) atoms. The van der Waals surface area contributed by atoms with E-state index in [1.807, 2.05) is 0 Å². The molecule has 2 aromatic rings. The van der Waals surface area contributed by atoms with Crippen molar-refractivity contribution in [2.45, 2.75) is 50.6 Å². The summed E-state index contributed by atoms with van der Waals surface area (Å²) in [5.41, 5.74) is 5.72. The molecule has 0 saturated heterocycles. The van der Waals surface area contributed by atoms with Gasteiger partial charge >= 0.3 is 37.9 Å². The molecule has 2 radical (unpaired) electrons. The number of halogens is 2. The Balaban J connectivity index is 0.000000239. The van der Waals surface area contributed by atoms with Gasteiger partial charge in [0.25, 0.3) is 0 Å². The van der Waals surface area contributed by atoms with E-state index in [1.54, 1.807) is 0 Å².